The Hall–Kier alpha value is -1.43. The Bertz CT molecular complexity index is 500. The van der Waals surface area contributed by atoms with Gasteiger partial charge in [0.1, 0.15) is 5.41 Å². The van der Waals surface area contributed by atoms with Crippen molar-refractivity contribution in [2.45, 2.75) is 64.3 Å². The van der Waals surface area contributed by atoms with E-state index in [2.05, 4.69) is 6.92 Å². The zero-order valence-corrected chi connectivity index (χ0v) is 15.5. The summed E-state index contributed by atoms with van der Waals surface area (Å²) in [6.07, 6.45) is 7.14. The molecule has 2 rings (SSSR count). The van der Waals surface area contributed by atoms with E-state index in [1.54, 1.807) is 0 Å². The highest BCUT2D eigenvalue weighted by molar-refractivity contribution is 6.19. The number of rotatable bonds is 6. The molecule has 6 nitrogen and oxygen atoms in total. The summed E-state index contributed by atoms with van der Waals surface area (Å²) in [7, 11) is 5.26. The number of imide groups is 2. The van der Waals surface area contributed by atoms with E-state index < -0.39 is 11.4 Å². The number of hydrogen-bond donors (Lipinski definition) is 0. The third-order valence-electron chi connectivity index (χ3n) is 5.32. The van der Waals surface area contributed by atoms with Gasteiger partial charge in [0.05, 0.1) is 0 Å². The summed E-state index contributed by atoms with van der Waals surface area (Å²) >= 11 is 0. The van der Waals surface area contributed by atoms with Crippen molar-refractivity contribution >= 4 is 17.8 Å². The van der Waals surface area contributed by atoms with Crippen molar-refractivity contribution in [3.63, 3.8) is 0 Å². The van der Waals surface area contributed by atoms with Crippen LogP contribution in [0.2, 0.25) is 0 Å². The van der Waals surface area contributed by atoms with Crippen LogP contribution in [0.15, 0.2) is 0 Å². The Labute approximate surface area is 145 Å². The second kappa shape index (κ2) is 7.64. The van der Waals surface area contributed by atoms with Gasteiger partial charge < -0.3 is 4.90 Å². The second-order valence-electron chi connectivity index (χ2n) is 7.54. The first-order chi connectivity index (χ1) is 11.3. The fourth-order valence-electron chi connectivity index (χ4n) is 4.09. The van der Waals surface area contributed by atoms with Gasteiger partial charge >= 0.3 is 6.03 Å². The quantitative estimate of drug-likeness (QED) is 0.699. The van der Waals surface area contributed by atoms with E-state index in [1.165, 1.54) is 16.8 Å². The highest BCUT2D eigenvalue weighted by Gasteiger charge is 2.57. The molecule has 1 saturated heterocycles. The molecule has 1 saturated carbocycles. The maximum Gasteiger partial charge on any atom is 0.333 e. The minimum absolute atomic E-state index is 0.0579. The van der Waals surface area contributed by atoms with Crippen molar-refractivity contribution in [2.75, 3.05) is 27.7 Å². The molecule has 0 spiro atoms. The van der Waals surface area contributed by atoms with Crippen LogP contribution in [0.4, 0.5) is 4.79 Å². The van der Waals surface area contributed by atoms with Crippen molar-refractivity contribution in [3.8, 4) is 0 Å². The van der Waals surface area contributed by atoms with Crippen LogP contribution in [0.25, 0.3) is 0 Å². The SMILES string of the molecule is CCCC[C@@]1(CN(C)C)C(=O)N(C)C(=O)N(C2CCCCC2)C1=O. The van der Waals surface area contributed by atoms with Crippen LogP contribution in [0, 0.1) is 5.41 Å². The van der Waals surface area contributed by atoms with E-state index in [9.17, 15) is 14.4 Å². The largest absolute Gasteiger partial charge is 0.333 e. The summed E-state index contributed by atoms with van der Waals surface area (Å²) in [4.78, 5) is 43.5. The average molecular weight is 337 g/mol. The maximum absolute atomic E-state index is 13.4. The smallest absolute Gasteiger partial charge is 0.308 e. The highest BCUT2D eigenvalue weighted by atomic mass is 16.2. The van der Waals surface area contributed by atoms with E-state index in [1.807, 2.05) is 19.0 Å². The molecule has 0 bridgehead atoms. The zero-order chi connectivity index (χ0) is 17.9. The van der Waals surface area contributed by atoms with Gasteiger partial charge in [0, 0.05) is 19.6 Å². The standard InChI is InChI=1S/C18H31N3O3/c1-5-6-12-18(13-19(2)3)15(22)20(4)17(24)21(16(18)23)14-10-8-7-9-11-14/h14H,5-13H2,1-4H3/t18-/m1/s1. The molecular weight excluding hydrogens is 306 g/mol. The molecule has 0 aromatic rings. The Morgan fingerprint density at radius 1 is 1.08 bits per heavy atom. The molecule has 4 amide bonds. The van der Waals surface area contributed by atoms with Crippen LogP contribution in [0.5, 0.6) is 0 Å². The molecule has 1 atom stereocenters. The third-order valence-corrected chi connectivity index (χ3v) is 5.32. The highest BCUT2D eigenvalue weighted by Crippen LogP contribution is 2.37. The van der Waals surface area contributed by atoms with Gasteiger partial charge in [-0.25, -0.2) is 4.79 Å². The lowest BCUT2D eigenvalue weighted by Crippen LogP contribution is -2.68. The minimum atomic E-state index is -1.13. The summed E-state index contributed by atoms with van der Waals surface area (Å²) in [5.74, 6) is -0.614. The van der Waals surface area contributed by atoms with Crippen LogP contribution in [-0.2, 0) is 9.59 Å². The zero-order valence-electron chi connectivity index (χ0n) is 15.5. The normalized spacial score (nSPS) is 26.6. The molecule has 1 heterocycles. The monoisotopic (exact) mass is 337 g/mol. The van der Waals surface area contributed by atoms with Crippen molar-refractivity contribution in [1.29, 1.82) is 0 Å². The number of amides is 4. The lowest BCUT2D eigenvalue weighted by Gasteiger charge is -2.47. The predicted molar refractivity (Wildman–Crippen MR) is 92.4 cm³/mol. The molecule has 0 aromatic carbocycles. The van der Waals surface area contributed by atoms with Gasteiger partial charge in [0.15, 0.2) is 0 Å². The Kier molecular flexibility index (Phi) is 6.01. The van der Waals surface area contributed by atoms with Crippen LogP contribution < -0.4 is 0 Å². The molecule has 0 aromatic heterocycles. The third kappa shape index (κ3) is 3.34. The van der Waals surface area contributed by atoms with Gasteiger partial charge in [0.25, 0.3) is 0 Å². The molecule has 1 aliphatic heterocycles. The minimum Gasteiger partial charge on any atom is -0.308 e. The van der Waals surface area contributed by atoms with Crippen molar-refractivity contribution < 1.29 is 14.4 Å². The molecule has 1 aliphatic carbocycles. The number of nitrogens with zero attached hydrogens (tertiary/aromatic N) is 3. The fraction of sp³-hybridized carbons (Fsp3) is 0.833. The van der Waals surface area contributed by atoms with Crippen LogP contribution in [0.3, 0.4) is 0 Å². The first-order valence-electron chi connectivity index (χ1n) is 9.15. The number of urea groups is 1. The van der Waals surface area contributed by atoms with E-state index in [4.69, 9.17) is 0 Å². The molecule has 2 fully saturated rings. The summed E-state index contributed by atoms with van der Waals surface area (Å²) in [6.45, 7) is 2.40. The summed E-state index contributed by atoms with van der Waals surface area (Å²) in [5.41, 5.74) is -1.13. The molecule has 136 valence electrons. The van der Waals surface area contributed by atoms with E-state index in [-0.39, 0.29) is 17.9 Å². The van der Waals surface area contributed by atoms with E-state index in [0.717, 1.165) is 44.9 Å². The summed E-state index contributed by atoms with van der Waals surface area (Å²) in [6, 6.07) is -0.500. The number of carbonyl (C=O) groups excluding carboxylic acids is 3. The van der Waals surface area contributed by atoms with E-state index in [0.29, 0.717) is 13.0 Å². The number of hydrogen-bond acceptors (Lipinski definition) is 4. The van der Waals surface area contributed by atoms with Crippen LogP contribution >= 0.6 is 0 Å². The van der Waals surface area contributed by atoms with Gasteiger partial charge in [-0.3, -0.25) is 19.4 Å². The molecule has 24 heavy (non-hydrogen) atoms. The molecule has 2 aliphatic rings. The van der Waals surface area contributed by atoms with Gasteiger partial charge in [0.2, 0.25) is 11.8 Å². The lowest BCUT2D eigenvalue weighted by atomic mass is 9.77. The Morgan fingerprint density at radius 2 is 1.71 bits per heavy atom. The molecule has 0 unspecified atom stereocenters. The predicted octanol–water partition coefficient (Wildman–Crippen LogP) is 2.48. The summed E-state index contributed by atoms with van der Waals surface area (Å²) < 4.78 is 0. The Morgan fingerprint density at radius 3 is 2.25 bits per heavy atom. The molecule has 0 N–H and O–H groups in total. The first-order valence-corrected chi connectivity index (χ1v) is 9.15. The topological polar surface area (TPSA) is 60.9 Å². The maximum atomic E-state index is 13.4. The number of unbranched alkanes of at least 4 members (excludes halogenated alkanes) is 1. The van der Waals surface area contributed by atoms with Gasteiger partial charge in [-0.05, 0) is 33.4 Å². The van der Waals surface area contributed by atoms with Crippen molar-refractivity contribution in [3.05, 3.63) is 0 Å². The van der Waals surface area contributed by atoms with Crippen LogP contribution in [0.1, 0.15) is 58.3 Å². The molecule has 6 heteroatoms. The lowest BCUT2D eigenvalue weighted by molar-refractivity contribution is -0.161. The van der Waals surface area contributed by atoms with Gasteiger partial charge in [-0.2, -0.15) is 0 Å². The fourth-order valence-corrected chi connectivity index (χ4v) is 4.09. The Balaban J connectivity index is 2.40. The molecular formula is C18H31N3O3. The number of carbonyl (C=O) groups is 3. The second-order valence-corrected chi connectivity index (χ2v) is 7.54. The van der Waals surface area contributed by atoms with E-state index >= 15 is 0 Å². The molecule has 0 radical (unpaired) electrons. The average Bonchev–Trinajstić information content (AvgIpc) is 2.56. The van der Waals surface area contributed by atoms with Crippen LogP contribution in [-0.4, -0.2) is 66.3 Å². The summed E-state index contributed by atoms with van der Waals surface area (Å²) in [5, 5.41) is 0. The van der Waals surface area contributed by atoms with Crippen molar-refractivity contribution in [1.82, 2.24) is 14.7 Å². The van der Waals surface area contributed by atoms with Crippen molar-refractivity contribution in [2.24, 2.45) is 5.41 Å². The number of barbiturate groups is 1. The van der Waals surface area contributed by atoms with Gasteiger partial charge in [-0.15, -0.1) is 0 Å². The van der Waals surface area contributed by atoms with Gasteiger partial charge in [-0.1, -0.05) is 39.0 Å². The first kappa shape index (κ1) is 18.9.